The average Bonchev–Trinajstić information content (AvgIpc) is 2.63. The normalized spacial score (nSPS) is 11.2. The minimum Gasteiger partial charge on any atom is -0.322 e. The zero-order valence-electron chi connectivity index (χ0n) is 16.3. The van der Waals surface area contributed by atoms with Crippen LogP contribution in [0.4, 0.5) is 11.4 Å². The van der Waals surface area contributed by atoms with Gasteiger partial charge >= 0.3 is 0 Å². The molecule has 7 heteroatoms. The van der Waals surface area contributed by atoms with E-state index in [0.29, 0.717) is 16.9 Å². The molecular weight excluding hydrogens is 499 g/mol. The highest BCUT2D eigenvalue weighted by atomic mass is 127. The van der Waals surface area contributed by atoms with Crippen molar-refractivity contribution in [3.63, 3.8) is 0 Å². The number of amides is 1. The molecule has 5 nitrogen and oxygen atoms in total. The van der Waals surface area contributed by atoms with Crippen LogP contribution < -0.4 is 10.0 Å². The van der Waals surface area contributed by atoms with Crippen molar-refractivity contribution in [1.29, 1.82) is 0 Å². The summed E-state index contributed by atoms with van der Waals surface area (Å²) in [6, 6.07) is 17.5. The molecule has 29 heavy (non-hydrogen) atoms. The number of carbonyl (C=O) groups is 1. The SMILES string of the molecule is Cc1cccc(NS(=O)(=O)c2cc(C(=O)Nc3ccc(I)cc3C)ccc2C)c1. The van der Waals surface area contributed by atoms with Crippen molar-refractivity contribution in [2.45, 2.75) is 25.7 Å². The van der Waals surface area contributed by atoms with Gasteiger partial charge in [0.05, 0.1) is 4.90 Å². The first kappa shape index (κ1) is 21.3. The van der Waals surface area contributed by atoms with E-state index in [0.717, 1.165) is 14.7 Å². The lowest BCUT2D eigenvalue weighted by molar-refractivity contribution is 0.102. The lowest BCUT2D eigenvalue weighted by Crippen LogP contribution is -2.17. The number of benzene rings is 3. The van der Waals surface area contributed by atoms with Crippen LogP contribution in [0.15, 0.2) is 65.6 Å². The predicted octanol–water partition coefficient (Wildman–Crippen LogP) is 5.27. The fraction of sp³-hybridized carbons (Fsp3) is 0.136. The molecule has 150 valence electrons. The Labute approximate surface area is 184 Å². The van der Waals surface area contributed by atoms with Gasteiger partial charge in [-0.3, -0.25) is 9.52 Å². The second-order valence-electron chi connectivity index (χ2n) is 6.87. The zero-order chi connectivity index (χ0) is 21.2. The molecule has 1 amide bonds. The van der Waals surface area contributed by atoms with Crippen molar-refractivity contribution in [2.24, 2.45) is 0 Å². The summed E-state index contributed by atoms with van der Waals surface area (Å²) in [5.41, 5.74) is 3.90. The van der Waals surface area contributed by atoms with E-state index in [9.17, 15) is 13.2 Å². The number of rotatable bonds is 5. The summed E-state index contributed by atoms with van der Waals surface area (Å²) in [6.45, 7) is 5.50. The fourth-order valence-corrected chi connectivity index (χ4v) is 4.88. The summed E-state index contributed by atoms with van der Waals surface area (Å²) in [7, 11) is -3.83. The van der Waals surface area contributed by atoms with Crippen molar-refractivity contribution >= 4 is 49.9 Å². The number of nitrogens with one attached hydrogen (secondary N) is 2. The van der Waals surface area contributed by atoms with Crippen LogP contribution in [0.25, 0.3) is 0 Å². The van der Waals surface area contributed by atoms with Gasteiger partial charge < -0.3 is 5.32 Å². The van der Waals surface area contributed by atoms with Crippen LogP contribution in [0, 0.1) is 24.3 Å². The largest absolute Gasteiger partial charge is 0.322 e. The highest BCUT2D eigenvalue weighted by molar-refractivity contribution is 14.1. The van der Waals surface area contributed by atoms with E-state index in [1.807, 2.05) is 38.1 Å². The van der Waals surface area contributed by atoms with Gasteiger partial charge in [-0.1, -0.05) is 18.2 Å². The molecule has 0 heterocycles. The Morgan fingerprint density at radius 1 is 0.897 bits per heavy atom. The third-order valence-corrected chi connectivity index (χ3v) is 6.64. The Kier molecular flexibility index (Phi) is 6.28. The number of hydrogen-bond donors (Lipinski definition) is 2. The van der Waals surface area contributed by atoms with Gasteiger partial charge in [0, 0.05) is 20.5 Å². The predicted molar refractivity (Wildman–Crippen MR) is 125 cm³/mol. The van der Waals surface area contributed by atoms with Crippen LogP contribution in [-0.4, -0.2) is 14.3 Å². The molecule has 0 aliphatic rings. The van der Waals surface area contributed by atoms with E-state index in [1.54, 1.807) is 37.3 Å². The minimum absolute atomic E-state index is 0.0750. The Hall–Kier alpha value is -2.39. The quantitative estimate of drug-likeness (QED) is 0.451. The highest BCUT2D eigenvalue weighted by Crippen LogP contribution is 2.23. The van der Waals surface area contributed by atoms with Crippen LogP contribution in [0.2, 0.25) is 0 Å². The Morgan fingerprint density at radius 2 is 1.66 bits per heavy atom. The maximum absolute atomic E-state index is 12.9. The van der Waals surface area contributed by atoms with Crippen LogP contribution in [-0.2, 0) is 10.0 Å². The number of anilines is 2. The van der Waals surface area contributed by atoms with Gasteiger partial charge in [-0.15, -0.1) is 0 Å². The lowest BCUT2D eigenvalue weighted by Gasteiger charge is -2.13. The van der Waals surface area contributed by atoms with Gasteiger partial charge in [-0.25, -0.2) is 8.42 Å². The summed E-state index contributed by atoms with van der Waals surface area (Å²) in [5, 5.41) is 2.85. The minimum atomic E-state index is -3.83. The number of hydrogen-bond acceptors (Lipinski definition) is 3. The zero-order valence-corrected chi connectivity index (χ0v) is 19.3. The van der Waals surface area contributed by atoms with Gasteiger partial charge in [0.2, 0.25) is 0 Å². The molecular formula is C22H21IN2O3S. The lowest BCUT2D eigenvalue weighted by atomic mass is 10.1. The summed E-state index contributed by atoms with van der Waals surface area (Å²) in [6.07, 6.45) is 0. The molecule has 3 aromatic carbocycles. The van der Waals surface area contributed by atoms with Gasteiger partial charge in [0.1, 0.15) is 0 Å². The molecule has 0 spiro atoms. The van der Waals surface area contributed by atoms with Crippen molar-refractivity contribution in [3.05, 3.63) is 86.5 Å². The molecule has 0 bridgehead atoms. The first-order valence-corrected chi connectivity index (χ1v) is 11.5. The van der Waals surface area contributed by atoms with E-state index in [1.165, 1.54) is 6.07 Å². The van der Waals surface area contributed by atoms with Gasteiger partial charge in [0.15, 0.2) is 0 Å². The number of aryl methyl sites for hydroxylation is 3. The second-order valence-corrected chi connectivity index (χ2v) is 9.77. The van der Waals surface area contributed by atoms with E-state index >= 15 is 0 Å². The molecule has 3 rings (SSSR count). The molecule has 0 fully saturated rings. The summed E-state index contributed by atoms with van der Waals surface area (Å²) in [5.74, 6) is -0.360. The first-order chi connectivity index (χ1) is 13.7. The summed E-state index contributed by atoms with van der Waals surface area (Å²) >= 11 is 2.21. The van der Waals surface area contributed by atoms with E-state index in [4.69, 9.17) is 0 Å². The van der Waals surface area contributed by atoms with Crippen molar-refractivity contribution in [2.75, 3.05) is 10.0 Å². The summed E-state index contributed by atoms with van der Waals surface area (Å²) < 4.78 is 29.5. The van der Waals surface area contributed by atoms with E-state index in [2.05, 4.69) is 32.6 Å². The molecule has 0 saturated carbocycles. The average molecular weight is 520 g/mol. The molecule has 0 aliphatic carbocycles. The molecule has 0 aromatic heterocycles. The maximum atomic E-state index is 12.9. The smallest absolute Gasteiger partial charge is 0.262 e. The standard InChI is InChI=1S/C22H21IN2O3S/c1-14-5-4-6-19(11-14)25-29(27,28)21-13-17(8-7-15(21)2)22(26)24-20-10-9-18(23)12-16(20)3/h4-13,25H,1-3H3,(H,24,26). The van der Waals surface area contributed by atoms with Crippen molar-refractivity contribution in [1.82, 2.24) is 0 Å². The van der Waals surface area contributed by atoms with Crippen molar-refractivity contribution in [3.8, 4) is 0 Å². The third kappa shape index (κ3) is 5.16. The van der Waals surface area contributed by atoms with E-state index < -0.39 is 10.0 Å². The molecule has 0 saturated heterocycles. The molecule has 2 N–H and O–H groups in total. The van der Waals surface area contributed by atoms with Crippen LogP contribution in [0.3, 0.4) is 0 Å². The molecule has 0 atom stereocenters. The monoisotopic (exact) mass is 520 g/mol. The first-order valence-electron chi connectivity index (χ1n) is 8.93. The number of halogens is 1. The Morgan fingerprint density at radius 3 is 2.34 bits per heavy atom. The Bertz CT molecular complexity index is 1190. The molecule has 3 aromatic rings. The topological polar surface area (TPSA) is 75.3 Å². The molecule has 0 radical (unpaired) electrons. The number of sulfonamides is 1. The second kappa shape index (κ2) is 8.54. The van der Waals surface area contributed by atoms with Crippen LogP contribution in [0.5, 0.6) is 0 Å². The number of carbonyl (C=O) groups excluding carboxylic acids is 1. The Balaban J connectivity index is 1.89. The van der Waals surface area contributed by atoms with Crippen LogP contribution >= 0.6 is 22.6 Å². The van der Waals surface area contributed by atoms with E-state index in [-0.39, 0.29) is 16.4 Å². The maximum Gasteiger partial charge on any atom is 0.262 e. The van der Waals surface area contributed by atoms with Gasteiger partial charge in [-0.05, 0) is 103 Å². The summed E-state index contributed by atoms with van der Waals surface area (Å²) in [4.78, 5) is 12.8. The molecule has 0 aliphatic heterocycles. The highest BCUT2D eigenvalue weighted by Gasteiger charge is 2.20. The fourth-order valence-electron chi connectivity index (χ4n) is 2.91. The van der Waals surface area contributed by atoms with Crippen molar-refractivity contribution < 1.29 is 13.2 Å². The van der Waals surface area contributed by atoms with Gasteiger partial charge in [-0.2, -0.15) is 0 Å². The van der Waals surface area contributed by atoms with Gasteiger partial charge in [0.25, 0.3) is 15.9 Å². The molecule has 0 unspecified atom stereocenters. The third-order valence-electron chi connectivity index (χ3n) is 4.45. The van der Waals surface area contributed by atoms with Crippen LogP contribution in [0.1, 0.15) is 27.0 Å².